The molecule has 0 saturated heterocycles. The predicted molar refractivity (Wildman–Crippen MR) is 66.8 cm³/mol. The number of nitrogens with one attached hydrogen (secondary N) is 1. The first-order valence-corrected chi connectivity index (χ1v) is 6.36. The molecule has 90 valence electrons. The Morgan fingerprint density at radius 3 is 2.07 bits per heavy atom. The van der Waals surface area contributed by atoms with Gasteiger partial charge in [0.15, 0.2) is 0 Å². The summed E-state index contributed by atoms with van der Waals surface area (Å²) < 4.78 is 0. The molecular formula is C13H28N2. The molecule has 1 rings (SSSR count). The van der Waals surface area contributed by atoms with Crippen molar-refractivity contribution in [3.63, 3.8) is 0 Å². The van der Waals surface area contributed by atoms with E-state index in [4.69, 9.17) is 5.73 Å². The minimum atomic E-state index is 0.489. The second-order valence-electron chi connectivity index (χ2n) is 6.11. The number of rotatable bonds is 3. The van der Waals surface area contributed by atoms with Gasteiger partial charge in [0.05, 0.1) is 0 Å². The summed E-state index contributed by atoms with van der Waals surface area (Å²) in [6.45, 7) is 7.89. The van der Waals surface area contributed by atoms with E-state index in [2.05, 4.69) is 26.1 Å². The highest BCUT2D eigenvalue weighted by Crippen LogP contribution is 2.40. The molecule has 0 spiro atoms. The SMILES string of the molecule is CNC(CN)C1CCC(C(C)(C)C)CC1. The van der Waals surface area contributed by atoms with E-state index in [1.807, 2.05) is 7.05 Å². The quantitative estimate of drug-likeness (QED) is 0.754. The van der Waals surface area contributed by atoms with Gasteiger partial charge in [-0.3, -0.25) is 0 Å². The van der Waals surface area contributed by atoms with Gasteiger partial charge in [-0.2, -0.15) is 0 Å². The lowest BCUT2D eigenvalue weighted by atomic mass is 9.68. The second-order valence-corrected chi connectivity index (χ2v) is 6.11. The minimum Gasteiger partial charge on any atom is -0.329 e. The Hall–Kier alpha value is -0.0800. The van der Waals surface area contributed by atoms with E-state index >= 15 is 0 Å². The predicted octanol–water partition coefficient (Wildman–Crippen LogP) is 2.39. The van der Waals surface area contributed by atoms with Crippen LogP contribution in [0.15, 0.2) is 0 Å². The molecule has 0 bridgehead atoms. The molecule has 0 aromatic heterocycles. The summed E-state index contributed by atoms with van der Waals surface area (Å²) in [5.74, 6) is 1.71. The van der Waals surface area contributed by atoms with Crippen LogP contribution in [0.25, 0.3) is 0 Å². The van der Waals surface area contributed by atoms with Gasteiger partial charge < -0.3 is 11.1 Å². The maximum Gasteiger partial charge on any atom is 0.0215 e. The van der Waals surface area contributed by atoms with E-state index in [9.17, 15) is 0 Å². The smallest absolute Gasteiger partial charge is 0.0215 e. The Labute approximate surface area is 95.0 Å². The van der Waals surface area contributed by atoms with Gasteiger partial charge in [-0.05, 0) is 50.0 Å². The van der Waals surface area contributed by atoms with Crippen LogP contribution < -0.4 is 11.1 Å². The zero-order valence-corrected chi connectivity index (χ0v) is 10.8. The van der Waals surface area contributed by atoms with Crippen molar-refractivity contribution in [2.45, 2.75) is 52.5 Å². The molecule has 1 saturated carbocycles. The van der Waals surface area contributed by atoms with E-state index in [1.165, 1.54) is 25.7 Å². The van der Waals surface area contributed by atoms with Gasteiger partial charge in [0.1, 0.15) is 0 Å². The lowest BCUT2D eigenvalue weighted by Gasteiger charge is -2.39. The summed E-state index contributed by atoms with van der Waals surface area (Å²) in [5, 5.41) is 3.35. The molecule has 1 aliphatic rings. The summed E-state index contributed by atoms with van der Waals surface area (Å²) in [5.41, 5.74) is 6.26. The number of likely N-dealkylation sites (N-methyl/N-ethyl adjacent to an activating group) is 1. The van der Waals surface area contributed by atoms with Crippen LogP contribution in [0, 0.1) is 17.3 Å². The van der Waals surface area contributed by atoms with Crippen LogP contribution in [0.3, 0.4) is 0 Å². The maximum atomic E-state index is 5.77. The van der Waals surface area contributed by atoms with Crippen LogP contribution in [0.4, 0.5) is 0 Å². The van der Waals surface area contributed by atoms with Gasteiger partial charge in [-0.15, -0.1) is 0 Å². The minimum absolute atomic E-state index is 0.489. The summed E-state index contributed by atoms with van der Waals surface area (Å²) in [6, 6.07) is 0.533. The molecule has 0 amide bonds. The number of hydrogen-bond acceptors (Lipinski definition) is 2. The Morgan fingerprint density at radius 1 is 1.20 bits per heavy atom. The van der Waals surface area contributed by atoms with Gasteiger partial charge in [-0.1, -0.05) is 20.8 Å². The fraction of sp³-hybridized carbons (Fsp3) is 1.00. The highest BCUT2D eigenvalue weighted by atomic mass is 14.9. The van der Waals surface area contributed by atoms with Crippen LogP contribution in [0.1, 0.15) is 46.5 Å². The van der Waals surface area contributed by atoms with Gasteiger partial charge in [0.25, 0.3) is 0 Å². The Bertz CT molecular complexity index is 171. The third-order valence-corrected chi connectivity index (χ3v) is 4.19. The molecule has 0 aromatic rings. The zero-order chi connectivity index (χ0) is 11.5. The summed E-state index contributed by atoms with van der Waals surface area (Å²) in [7, 11) is 2.04. The van der Waals surface area contributed by atoms with Crippen LogP contribution in [0.2, 0.25) is 0 Å². The molecule has 3 N–H and O–H groups in total. The van der Waals surface area contributed by atoms with Crippen molar-refractivity contribution in [1.82, 2.24) is 5.32 Å². The third kappa shape index (κ3) is 3.46. The van der Waals surface area contributed by atoms with Crippen molar-refractivity contribution in [2.75, 3.05) is 13.6 Å². The highest BCUT2D eigenvalue weighted by Gasteiger charge is 2.31. The van der Waals surface area contributed by atoms with Crippen LogP contribution in [-0.4, -0.2) is 19.6 Å². The van der Waals surface area contributed by atoms with E-state index in [0.29, 0.717) is 11.5 Å². The molecule has 1 fully saturated rings. The topological polar surface area (TPSA) is 38.0 Å². The van der Waals surface area contributed by atoms with Crippen molar-refractivity contribution in [1.29, 1.82) is 0 Å². The van der Waals surface area contributed by atoms with Gasteiger partial charge in [-0.25, -0.2) is 0 Å². The average Bonchev–Trinajstić information content (AvgIpc) is 2.19. The molecule has 2 nitrogen and oxygen atoms in total. The highest BCUT2D eigenvalue weighted by molar-refractivity contribution is 4.85. The second kappa shape index (κ2) is 5.31. The average molecular weight is 212 g/mol. The van der Waals surface area contributed by atoms with E-state index < -0.39 is 0 Å². The fourth-order valence-corrected chi connectivity index (χ4v) is 2.93. The van der Waals surface area contributed by atoms with Crippen LogP contribution >= 0.6 is 0 Å². The normalized spacial score (nSPS) is 30.2. The summed E-state index contributed by atoms with van der Waals surface area (Å²) >= 11 is 0. The van der Waals surface area contributed by atoms with Crippen molar-refractivity contribution in [3.05, 3.63) is 0 Å². The molecule has 1 unspecified atom stereocenters. The first-order chi connectivity index (χ1) is 6.99. The first-order valence-electron chi connectivity index (χ1n) is 6.36. The van der Waals surface area contributed by atoms with Crippen molar-refractivity contribution in [2.24, 2.45) is 23.0 Å². The lowest BCUT2D eigenvalue weighted by molar-refractivity contribution is 0.135. The first kappa shape index (κ1) is 13.0. The standard InChI is InChI=1S/C13H28N2/c1-13(2,3)11-7-5-10(6-8-11)12(9-14)15-4/h10-12,15H,5-9,14H2,1-4H3. The van der Waals surface area contributed by atoms with Crippen molar-refractivity contribution < 1.29 is 0 Å². The molecule has 2 heteroatoms. The van der Waals surface area contributed by atoms with Crippen molar-refractivity contribution in [3.8, 4) is 0 Å². The largest absolute Gasteiger partial charge is 0.329 e. The van der Waals surface area contributed by atoms with Gasteiger partial charge in [0.2, 0.25) is 0 Å². The summed E-state index contributed by atoms with van der Waals surface area (Å²) in [4.78, 5) is 0. The molecule has 0 heterocycles. The Balaban J connectivity index is 2.42. The molecular weight excluding hydrogens is 184 g/mol. The maximum absolute atomic E-state index is 5.77. The molecule has 0 radical (unpaired) electrons. The Kier molecular flexibility index (Phi) is 4.60. The zero-order valence-electron chi connectivity index (χ0n) is 10.8. The van der Waals surface area contributed by atoms with Crippen molar-refractivity contribution >= 4 is 0 Å². The molecule has 0 aliphatic heterocycles. The molecule has 1 atom stereocenters. The molecule has 1 aliphatic carbocycles. The van der Waals surface area contributed by atoms with Crippen LogP contribution in [0.5, 0.6) is 0 Å². The third-order valence-electron chi connectivity index (χ3n) is 4.19. The van der Waals surface area contributed by atoms with E-state index in [-0.39, 0.29) is 0 Å². The van der Waals surface area contributed by atoms with Gasteiger partial charge in [0, 0.05) is 12.6 Å². The fourth-order valence-electron chi connectivity index (χ4n) is 2.93. The number of hydrogen-bond donors (Lipinski definition) is 2. The lowest BCUT2D eigenvalue weighted by Crippen LogP contribution is -2.42. The van der Waals surface area contributed by atoms with E-state index in [1.54, 1.807) is 0 Å². The van der Waals surface area contributed by atoms with Crippen LogP contribution in [-0.2, 0) is 0 Å². The summed E-state index contributed by atoms with van der Waals surface area (Å²) in [6.07, 6.45) is 5.47. The number of nitrogens with two attached hydrogens (primary N) is 1. The molecule has 15 heavy (non-hydrogen) atoms. The van der Waals surface area contributed by atoms with Gasteiger partial charge >= 0.3 is 0 Å². The monoisotopic (exact) mass is 212 g/mol. The Morgan fingerprint density at radius 2 is 1.73 bits per heavy atom. The van der Waals surface area contributed by atoms with E-state index in [0.717, 1.165) is 18.4 Å². The molecule has 0 aromatic carbocycles.